The molecule has 0 heterocycles. The topological polar surface area (TPSA) is 49.4 Å². The van der Waals surface area contributed by atoms with E-state index in [4.69, 9.17) is 11.6 Å². The number of hydrogen-bond acceptors (Lipinski definition) is 3. The van der Waals surface area contributed by atoms with E-state index >= 15 is 0 Å². The first-order chi connectivity index (χ1) is 7.35. The van der Waals surface area contributed by atoms with E-state index in [1.165, 1.54) is 0 Å². The van der Waals surface area contributed by atoms with Gasteiger partial charge in [0.1, 0.15) is 4.66 Å². The van der Waals surface area contributed by atoms with Gasteiger partial charge in [0.2, 0.25) is 10.0 Å². The van der Waals surface area contributed by atoms with Gasteiger partial charge in [-0.1, -0.05) is 27.5 Å². The SMILES string of the molecule is CN(C)c1ccc(NS(=O)(=O)CBr)cc1Cl. The van der Waals surface area contributed by atoms with Gasteiger partial charge < -0.3 is 4.90 Å². The van der Waals surface area contributed by atoms with Gasteiger partial charge in [0.05, 0.1) is 16.4 Å². The molecule has 1 N–H and O–H groups in total. The average Bonchev–Trinajstić information content (AvgIpc) is 2.16. The van der Waals surface area contributed by atoms with Crippen LogP contribution in [-0.4, -0.2) is 27.2 Å². The van der Waals surface area contributed by atoms with Crippen LogP contribution in [0.25, 0.3) is 0 Å². The minimum atomic E-state index is -3.33. The number of sulfonamides is 1. The molecule has 0 spiro atoms. The monoisotopic (exact) mass is 326 g/mol. The summed E-state index contributed by atoms with van der Waals surface area (Å²) in [6.07, 6.45) is 0. The number of halogens is 2. The molecule has 0 aliphatic carbocycles. The third-order valence-corrected chi connectivity index (χ3v) is 4.79. The highest BCUT2D eigenvalue weighted by Gasteiger charge is 2.09. The largest absolute Gasteiger partial charge is 0.376 e. The van der Waals surface area contributed by atoms with Crippen LogP contribution in [0.2, 0.25) is 5.02 Å². The van der Waals surface area contributed by atoms with E-state index in [-0.39, 0.29) is 4.66 Å². The third kappa shape index (κ3) is 3.54. The first-order valence-corrected chi connectivity index (χ1v) is 7.54. The second kappa shape index (κ2) is 5.25. The molecule has 0 fully saturated rings. The summed E-state index contributed by atoms with van der Waals surface area (Å²) < 4.78 is 24.8. The Balaban J connectivity index is 2.99. The van der Waals surface area contributed by atoms with Crippen molar-refractivity contribution in [3.63, 3.8) is 0 Å². The van der Waals surface area contributed by atoms with E-state index < -0.39 is 10.0 Å². The number of nitrogens with one attached hydrogen (secondary N) is 1. The van der Waals surface area contributed by atoms with Gasteiger partial charge in [0.15, 0.2) is 0 Å². The van der Waals surface area contributed by atoms with Gasteiger partial charge >= 0.3 is 0 Å². The van der Waals surface area contributed by atoms with Crippen LogP contribution in [0.15, 0.2) is 18.2 Å². The van der Waals surface area contributed by atoms with Crippen LogP contribution in [0, 0.1) is 0 Å². The lowest BCUT2D eigenvalue weighted by Gasteiger charge is -2.15. The molecule has 90 valence electrons. The average molecular weight is 328 g/mol. The quantitative estimate of drug-likeness (QED) is 0.865. The van der Waals surface area contributed by atoms with Crippen LogP contribution in [-0.2, 0) is 10.0 Å². The van der Waals surface area contributed by atoms with Crippen LogP contribution in [0.3, 0.4) is 0 Å². The van der Waals surface area contributed by atoms with Crippen molar-refractivity contribution in [1.82, 2.24) is 0 Å². The Morgan fingerprint density at radius 3 is 2.50 bits per heavy atom. The highest BCUT2D eigenvalue weighted by Crippen LogP contribution is 2.27. The molecule has 0 bridgehead atoms. The van der Waals surface area contributed by atoms with Gasteiger partial charge in [-0.2, -0.15) is 0 Å². The molecule has 0 saturated heterocycles. The minimum Gasteiger partial charge on any atom is -0.376 e. The lowest BCUT2D eigenvalue weighted by atomic mass is 10.3. The molecule has 1 aromatic rings. The van der Waals surface area contributed by atoms with Crippen molar-refractivity contribution in [2.45, 2.75) is 0 Å². The van der Waals surface area contributed by atoms with Crippen LogP contribution in [0.1, 0.15) is 0 Å². The maximum absolute atomic E-state index is 11.3. The van der Waals surface area contributed by atoms with Crippen molar-refractivity contribution < 1.29 is 8.42 Å². The summed E-state index contributed by atoms with van der Waals surface area (Å²) in [7, 11) is 0.401. The summed E-state index contributed by atoms with van der Waals surface area (Å²) in [4.78, 5) is 1.85. The van der Waals surface area contributed by atoms with E-state index in [2.05, 4.69) is 20.7 Å². The Morgan fingerprint density at radius 1 is 1.44 bits per heavy atom. The number of hydrogen-bond donors (Lipinski definition) is 1. The fraction of sp³-hybridized carbons (Fsp3) is 0.333. The molecule has 16 heavy (non-hydrogen) atoms. The van der Waals surface area contributed by atoms with Crippen molar-refractivity contribution in [3.05, 3.63) is 23.2 Å². The van der Waals surface area contributed by atoms with Gasteiger partial charge in [-0.3, -0.25) is 4.72 Å². The fourth-order valence-electron chi connectivity index (χ4n) is 1.14. The van der Waals surface area contributed by atoms with Crippen molar-refractivity contribution in [3.8, 4) is 0 Å². The first kappa shape index (κ1) is 13.6. The summed E-state index contributed by atoms with van der Waals surface area (Å²) in [5, 5.41) is 0.500. The van der Waals surface area contributed by atoms with Crippen LogP contribution >= 0.6 is 27.5 Å². The Kier molecular flexibility index (Phi) is 4.46. The number of benzene rings is 1. The maximum Gasteiger partial charge on any atom is 0.242 e. The van der Waals surface area contributed by atoms with E-state index in [9.17, 15) is 8.42 Å². The summed E-state index contributed by atoms with van der Waals surface area (Å²) in [6.45, 7) is 0. The Hall–Kier alpha value is -0.460. The molecule has 1 rings (SSSR count). The second-order valence-corrected chi connectivity index (χ2v) is 6.82. The molecule has 0 aromatic heterocycles. The number of alkyl halides is 1. The van der Waals surface area contributed by atoms with Crippen molar-refractivity contribution in [1.29, 1.82) is 0 Å². The lowest BCUT2D eigenvalue weighted by Crippen LogP contribution is -2.14. The van der Waals surface area contributed by atoms with Gasteiger partial charge in [-0.25, -0.2) is 8.42 Å². The molecule has 0 aliphatic heterocycles. The Morgan fingerprint density at radius 2 is 2.06 bits per heavy atom. The zero-order valence-corrected chi connectivity index (χ0v) is 12.0. The van der Waals surface area contributed by atoms with Gasteiger partial charge in [-0.05, 0) is 18.2 Å². The Bertz CT molecular complexity index is 476. The van der Waals surface area contributed by atoms with E-state index in [1.54, 1.807) is 18.2 Å². The molecule has 1 aromatic carbocycles. The summed E-state index contributed by atoms with van der Waals surface area (Å²) >= 11 is 8.90. The van der Waals surface area contributed by atoms with E-state index in [1.807, 2.05) is 19.0 Å². The van der Waals surface area contributed by atoms with Crippen LogP contribution < -0.4 is 9.62 Å². The zero-order chi connectivity index (χ0) is 12.3. The number of rotatable bonds is 4. The van der Waals surface area contributed by atoms with E-state index in [0.717, 1.165) is 5.69 Å². The van der Waals surface area contributed by atoms with E-state index in [0.29, 0.717) is 10.7 Å². The molecule has 4 nitrogen and oxygen atoms in total. The number of anilines is 2. The van der Waals surface area contributed by atoms with Crippen LogP contribution in [0.5, 0.6) is 0 Å². The van der Waals surface area contributed by atoms with Crippen molar-refractivity contribution in [2.75, 3.05) is 28.4 Å². The summed E-state index contributed by atoms with van der Waals surface area (Å²) in [5.74, 6) is 0. The smallest absolute Gasteiger partial charge is 0.242 e. The molecule has 0 unspecified atom stereocenters. The standard InChI is InChI=1S/C9H12BrClN2O2S/c1-13(2)9-4-3-7(5-8(9)11)12-16(14,15)6-10/h3-5,12H,6H2,1-2H3. The predicted molar refractivity (Wildman–Crippen MR) is 72.1 cm³/mol. The predicted octanol–water partition coefficient (Wildman–Crippen LogP) is 2.50. The van der Waals surface area contributed by atoms with Gasteiger partial charge in [-0.15, -0.1) is 0 Å². The molecule has 0 radical (unpaired) electrons. The molecule has 0 aliphatic rings. The maximum atomic E-state index is 11.3. The Labute approximate surface area is 109 Å². The molecule has 0 saturated carbocycles. The van der Waals surface area contributed by atoms with Crippen LogP contribution in [0.4, 0.5) is 11.4 Å². The molecule has 0 atom stereocenters. The highest BCUT2D eigenvalue weighted by molar-refractivity contribution is 9.10. The summed E-state index contributed by atoms with van der Waals surface area (Å²) in [5.41, 5.74) is 1.29. The molecule has 0 amide bonds. The first-order valence-electron chi connectivity index (χ1n) is 4.39. The second-order valence-electron chi connectivity index (χ2n) is 3.39. The highest BCUT2D eigenvalue weighted by atomic mass is 79.9. The summed E-state index contributed by atoms with van der Waals surface area (Å²) in [6, 6.07) is 5.01. The molecular weight excluding hydrogens is 316 g/mol. The fourth-order valence-corrected chi connectivity index (χ4v) is 2.37. The third-order valence-electron chi connectivity index (χ3n) is 1.85. The van der Waals surface area contributed by atoms with Crippen molar-refractivity contribution in [2.24, 2.45) is 0 Å². The zero-order valence-electron chi connectivity index (χ0n) is 8.87. The minimum absolute atomic E-state index is 0.146. The normalized spacial score (nSPS) is 11.2. The van der Waals surface area contributed by atoms with Gasteiger partial charge in [0.25, 0.3) is 0 Å². The van der Waals surface area contributed by atoms with Crippen molar-refractivity contribution >= 4 is 48.9 Å². The molecule has 7 heteroatoms. The van der Waals surface area contributed by atoms with Gasteiger partial charge in [0, 0.05) is 14.1 Å². The lowest BCUT2D eigenvalue weighted by molar-refractivity contribution is 0.606. The molecular formula is C9H12BrClN2O2S. The number of nitrogens with zero attached hydrogens (tertiary/aromatic N) is 1.